The molecule has 0 amide bonds. The van der Waals surface area contributed by atoms with E-state index in [1.54, 1.807) is 21.3 Å². The SMILES string of the molecule is COC[C@H]1CCCN(Cc2cc(OC)cc(OC)c2)C1. The molecule has 2 rings (SSSR count). The number of nitrogens with zero attached hydrogens (tertiary/aromatic N) is 1. The van der Waals surface area contributed by atoms with Gasteiger partial charge in [-0.05, 0) is 43.0 Å². The first-order valence-corrected chi connectivity index (χ1v) is 7.18. The molecule has 1 atom stereocenters. The zero-order valence-corrected chi connectivity index (χ0v) is 12.7. The summed E-state index contributed by atoms with van der Waals surface area (Å²) in [7, 11) is 5.16. The molecule has 0 unspecified atom stereocenters. The number of piperidine rings is 1. The van der Waals surface area contributed by atoms with Crippen molar-refractivity contribution < 1.29 is 14.2 Å². The van der Waals surface area contributed by atoms with Gasteiger partial charge >= 0.3 is 0 Å². The highest BCUT2D eigenvalue weighted by atomic mass is 16.5. The van der Waals surface area contributed by atoms with Crippen molar-refractivity contribution in [3.8, 4) is 11.5 Å². The highest BCUT2D eigenvalue weighted by Crippen LogP contribution is 2.25. The molecule has 112 valence electrons. The van der Waals surface area contributed by atoms with E-state index in [9.17, 15) is 0 Å². The van der Waals surface area contributed by atoms with Crippen LogP contribution in [0.25, 0.3) is 0 Å². The Labute approximate surface area is 121 Å². The Kier molecular flexibility index (Phi) is 5.68. The number of rotatable bonds is 6. The van der Waals surface area contributed by atoms with Gasteiger partial charge < -0.3 is 14.2 Å². The lowest BCUT2D eigenvalue weighted by Crippen LogP contribution is -2.36. The zero-order valence-electron chi connectivity index (χ0n) is 12.7. The molecular formula is C16H25NO3. The minimum atomic E-state index is 0.654. The minimum Gasteiger partial charge on any atom is -0.497 e. The van der Waals surface area contributed by atoms with Gasteiger partial charge in [0.05, 0.1) is 20.8 Å². The third kappa shape index (κ3) is 4.12. The van der Waals surface area contributed by atoms with Gasteiger partial charge in [0.1, 0.15) is 11.5 Å². The largest absolute Gasteiger partial charge is 0.497 e. The lowest BCUT2D eigenvalue weighted by Gasteiger charge is -2.32. The van der Waals surface area contributed by atoms with Crippen LogP contribution in [0.4, 0.5) is 0 Å². The predicted molar refractivity (Wildman–Crippen MR) is 79.4 cm³/mol. The Morgan fingerprint density at radius 2 is 1.80 bits per heavy atom. The summed E-state index contributed by atoms with van der Waals surface area (Å²) >= 11 is 0. The molecule has 20 heavy (non-hydrogen) atoms. The van der Waals surface area contributed by atoms with Crippen molar-refractivity contribution in [2.75, 3.05) is 41.0 Å². The lowest BCUT2D eigenvalue weighted by atomic mass is 9.98. The van der Waals surface area contributed by atoms with Gasteiger partial charge in [0.15, 0.2) is 0 Å². The fourth-order valence-corrected chi connectivity index (χ4v) is 2.88. The molecule has 0 aliphatic carbocycles. The van der Waals surface area contributed by atoms with E-state index in [0.29, 0.717) is 5.92 Å². The van der Waals surface area contributed by atoms with Crippen LogP contribution in [0.5, 0.6) is 11.5 Å². The fraction of sp³-hybridized carbons (Fsp3) is 0.625. The van der Waals surface area contributed by atoms with Crippen LogP contribution in [0, 0.1) is 5.92 Å². The summed E-state index contributed by atoms with van der Waals surface area (Å²) < 4.78 is 15.9. The van der Waals surface area contributed by atoms with E-state index in [4.69, 9.17) is 14.2 Å². The van der Waals surface area contributed by atoms with Crippen LogP contribution in [0.1, 0.15) is 18.4 Å². The second kappa shape index (κ2) is 7.50. The van der Waals surface area contributed by atoms with E-state index in [1.807, 2.05) is 6.07 Å². The summed E-state index contributed by atoms with van der Waals surface area (Å²) in [4.78, 5) is 2.49. The van der Waals surface area contributed by atoms with Crippen molar-refractivity contribution >= 4 is 0 Å². The molecule has 4 heteroatoms. The van der Waals surface area contributed by atoms with Crippen molar-refractivity contribution in [2.24, 2.45) is 5.92 Å². The smallest absolute Gasteiger partial charge is 0.122 e. The Hall–Kier alpha value is -1.26. The topological polar surface area (TPSA) is 30.9 Å². The maximum absolute atomic E-state index is 5.33. The summed E-state index contributed by atoms with van der Waals surface area (Å²) in [5.41, 5.74) is 1.24. The van der Waals surface area contributed by atoms with E-state index in [0.717, 1.165) is 37.7 Å². The molecule has 0 bridgehead atoms. The summed E-state index contributed by atoms with van der Waals surface area (Å²) in [6.07, 6.45) is 2.51. The third-order valence-corrected chi connectivity index (χ3v) is 3.82. The van der Waals surface area contributed by atoms with Crippen LogP contribution < -0.4 is 9.47 Å². The zero-order chi connectivity index (χ0) is 14.4. The van der Waals surface area contributed by atoms with E-state index in [2.05, 4.69) is 17.0 Å². The molecular weight excluding hydrogens is 254 g/mol. The molecule has 1 fully saturated rings. The first-order chi connectivity index (χ1) is 9.75. The molecule has 1 saturated heterocycles. The maximum atomic E-state index is 5.33. The maximum Gasteiger partial charge on any atom is 0.122 e. The van der Waals surface area contributed by atoms with Crippen molar-refractivity contribution in [3.63, 3.8) is 0 Å². The molecule has 1 aromatic rings. The molecule has 1 heterocycles. The van der Waals surface area contributed by atoms with Gasteiger partial charge in [-0.15, -0.1) is 0 Å². The van der Waals surface area contributed by atoms with Crippen LogP contribution in [-0.2, 0) is 11.3 Å². The van der Waals surface area contributed by atoms with Crippen LogP contribution >= 0.6 is 0 Å². The molecule has 1 aliphatic rings. The number of hydrogen-bond donors (Lipinski definition) is 0. The van der Waals surface area contributed by atoms with Crippen LogP contribution in [0.2, 0.25) is 0 Å². The van der Waals surface area contributed by atoms with E-state index >= 15 is 0 Å². The van der Waals surface area contributed by atoms with Gasteiger partial charge in [-0.25, -0.2) is 0 Å². The van der Waals surface area contributed by atoms with Crippen LogP contribution in [-0.4, -0.2) is 45.9 Å². The Morgan fingerprint density at radius 1 is 1.10 bits per heavy atom. The molecule has 4 nitrogen and oxygen atoms in total. The van der Waals surface area contributed by atoms with E-state index in [-0.39, 0.29) is 0 Å². The predicted octanol–water partition coefficient (Wildman–Crippen LogP) is 2.56. The summed E-state index contributed by atoms with van der Waals surface area (Å²) in [6.45, 7) is 4.05. The average molecular weight is 279 g/mol. The van der Waals surface area contributed by atoms with Gasteiger partial charge in [0.25, 0.3) is 0 Å². The number of methoxy groups -OCH3 is 3. The molecule has 1 aromatic carbocycles. The van der Waals surface area contributed by atoms with Crippen molar-refractivity contribution in [1.29, 1.82) is 0 Å². The van der Waals surface area contributed by atoms with Gasteiger partial charge in [-0.1, -0.05) is 0 Å². The van der Waals surface area contributed by atoms with Crippen LogP contribution in [0.15, 0.2) is 18.2 Å². The van der Waals surface area contributed by atoms with Gasteiger partial charge in [-0.3, -0.25) is 4.90 Å². The number of likely N-dealkylation sites (tertiary alicyclic amines) is 1. The lowest BCUT2D eigenvalue weighted by molar-refractivity contribution is 0.0873. The van der Waals surface area contributed by atoms with Gasteiger partial charge in [0.2, 0.25) is 0 Å². The second-order valence-corrected chi connectivity index (χ2v) is 5.42. The van der Waals surface area contributed by atoms with Gasteiger partial charge in [0, 0.05) is 26.3 Å². The Morgan fingerprint density at radius 3 is 2.40 bits per heavy atom. The monoisotopic (exact) mass is 279 g/mol. The standard InChI is InChI=1S/C16H25NO3/c1-18-12-13-5-4-6-17(10-13)11-14-7-15(19-2)9-16(8-14)20-3/h7-9,13H,4-6,10-12H2,1-3H3/t13-/m0/s1. The van der Waals surface area contributed by atoms with Gasteiger partial charge in [-0.2, -0.15) is 0 Å². The molecule has 0 radical (unpaired) electrons. The number of benzene rings is 1. The minimum absolute atomic E-state index is 0.654. The summed E-state index contributed by atoms with van der Waals surface area (Å²) in [5, 5.41) is 0. The molecule has 1 aliphatic heterocycles. The first-order valence-electron chi connectivity index (χ1n) is 7.18. The highest BCUT2D eigenvalue weighted by Gasteiger charge is 2.20. The van der Waals surface area contributed by atoms with E-state index < -0.39 is 0 Å². The summed E-state index contributed by atoms with van der Waals surface area (Å²) in [5.74, 6) is 2.36. The Bertz CT molecular complexity index is 398. The van der Waals surface area contributed by atoms with Crippen molar-refractivity contribution in [1.82, 2.24) is 4.90 Å². The van der Waals surface area contributed by atoms with Crippen molar-refractivity contribution in [3.05, 3.63) is 23.8 Å². The number of hydrogen-bond acceptors (Lipinski definition) is 4. The molecule has 0 aromatic heterocycles. The summed E-state index contributed by atoms with van der Waals surface area (Å²) in [6, 6.07) is 6.08. The molecule has 0 N–H and O–H groups in total. The fourth-order valence-electron chi connectivity index (χ4n) is 2.88. The quantitative estimate of drug-likeness (QED) is 0.801. The average Bonchev–Trinajstić information content (AvgIpc) is 2.47. The van der Waals surface area contributed by atoms with Crippen LogP contribution in [0.3, 0.4) is 0 Å². The van der Waals surface area contributed by atoms with Crippen molar-refractivity contribution in [2.45, 2.75) is 19.4 Å². The molecule has 0 saturated carbocycles. The third-order valence-electron chi connectivity index (χ3n) is 3.82. The Balaban J connectivity index is 2.01. The molecule has 0 spiro atoms. The van der Waals surface area contributed by atoms with E-state index in [1.165, 1.54) is 18.4 Å². The number of ether oxygens (including phenoxy) is 3. The normalized spacial score (nSPS) is 19.9. The second-order valence-electron chi connectivity index (χ2n) is 5.42. The first kappa shape index (κ1) is 15.1. The highest BCUT2D eigenvalue weighted by molar-refractivity contribution is 5.38.